The number of hydrogen-bond donors (Lipinski definition) is 2. The molecule has 0 aliphatic rings. The number of benzene rings is 7. The van der Waals surface area contributed by atoms with Gasteiger partial charge in [0.05, 0.1) is 11.0 Å². The van der Waals surface area contributed by atoms with E-state index in [9.17, 15) is 14.4 Å². The molecule has 8 rings (SSSR count). The third-order valence-electron chi connectivity index (χ3n) is 9.66. The van der Waals surface area contributed by atoms with Crippen molar-refractivity contribution in [2.45, 2.75) is 19.6 Å². The molecule has 0 bridgehead atoms. The summed E-state index contributed by atoms with van der Waals surface area (Å²) in [7, 11) is -1.58. The van der Waals surface area contributed by atoms with Crippen molar-refractivity contribution < 1.29 is 14.4 Å². The molecule has 0 unspecified atom stereocenters. The molecule has 0 fully saturated rings. The van der Waals surface area contributed by atoms with Crippen LogP contribution in [0.15, 0.2) is 170 Å². The van der Waals surface area contributed by atoms with Gasteiger partial charge in [-0.25, -0.2) is 4.39 Å². The molecule has 0 aliphatic carbocycles. The lowest BCUT2D eigenvalue weighted by molar-refractivity contribution is 0.248. The maximum absolute atomic E-state index is 13.8. The first-order valence-electron chi connectivity index (χ1n) is 18.2. The highest BCUT2D eigenvalue weighted by atomic mass is 19.1. The van der Waals surface area contributed by atoms with E-state index in [4.69, 9.17) is 0 Å². The Hall–Kier alpha value is -6.67. The van der Waals surface area contributed by atoms with Crippen molar-refractivity contribution in [3.63, 3.8) is 0 Å². The van der Waals surface area contributed by atoms with Crippen molar-refractivity contribution in [2.75, 3.05) is 0 Å². The fourth-order valence-electron chi connectivity index (χ4n) is 6.98. The van der Waals surface area contributed by atoms with E-state index in [2.05, 4.69) is 93.8 Å². The third-order valence-corrected chi connectivity index (χ3v) is 9.66. The zero-order valence-corrected chi connectivity index (χ0v) is 30.0. The van der Waals surface area contributed by atoms with E-state index in [1.165, 1.54) is 12.1 Å². The predicted molar refractivity (Wildman–Crippen MR) is 221 cm³/mol. The Labute approximate surface area is 320 Å². The van der Waals surface area contributed by atoms with Crippen LogP contribution in [0.5, 0.6) is 0 Å². The lowest BCUT2D eigenvalue weighted by Gasteiger charge is -2.24. The van der Waals surface area contributed by atoms with Crippen LogP contribution in [-0.2, 0) is 19.6 Å². The van der Waals surface area contributed by atoms with Gasteiger partial charge in [0.2, 0.25) is 0 Å². The minimum atomic E-state index is -1.58. The standard InChI is InChI=1S/C49H36BFN2O2/c51-43-25-19-40(20-26-43)33-52(35-42-13-7-8-14-47(42)50(54)55)34-41-21-27-44(28-22-41)53-48-29-23-38(17-15-36-9-3-1-4-10-36)31-45(48)46-32-39(24-30-49(46)53)18-16-37-11-5-2-6-12-37/h1-14,19-32,54-55H,33-35H2. The topological polar surface area (TPSA) is 48.6 Å². The van der Waals surface area contributed by atoms with Crippen LogP contribution < -0.4 is 5.46 Å². The van der Waals surface area contributed by atoms with Crippen LogP contribution in [-0.4, -0.2) is 26.6 Å². The molecule has 1 heterocycles. The summed E-state index contributed by atoms with van der Waals surface area (Å²) < 4.78 is 16.0. The first-order valence-corrected chi connectivity index (χ1v) is 18.2. The van der Waals surface area contributed by atoms with Crippen LogP contribution in [0.2, 0.25) is 0 Å². The number of aromatic nitrogens is 1. The Kier molecular flexibility index (Phi) is 10.4. The van der Waals surface area contributed by atoms with Gasteiger partial charge in [0.25, 0.3) is 0 Å². The lowest BCUT2D eigenvalue weighted by atomic mass is 9.77. The van der Waals surface area contributed by atoms with Gasteiger partial charge in [-0.15, -0.1) is 0 Å². The smallest absolute Gasteiger partial charge is 0.423 e. The fraction of sp³-hybridized carbons (Fsp3) is 0.0612. The van der Waals surface area contributed by atoms with E-state index in [-0.39, 0.29) is 5.82 Å². The molecule has 2 N–H and O–H groups in total. The molecule has 55 heavy (non-hydrogen) atoms. The van der Waals surface area contributed by atoms with E-state index in [1.54, 1.807) is 24.3 Å². The quantitative estimate of drug-likeness (QED) is 0.123. The molecule has 1 aromatic heterocycles. The number of rotatable bonds is 8. The van der Waals surface area contributed by atoms with E-state index < -0.39 is 7.12 Å². The van der Waals surface area contributed by atoms with Crippen LogP contribution in [0.1, 0.15) is 38.9 Å². The first kappa shape index (κ1) is 35.4. The highest BCUT2D eigenvalue weighted by Gasteiger charge is 2.19. The Morgan fingerprint density at radius 1 is 0.491 bits per heavy atom. The van der Waals surface area contributed by atoms with Crippen LogP contribution in [0.3, 0.4) is 0 Å². The molecule has 8 aromatic rings. The van der Waals surface area contributed by atoms with E-state index in [1.807, 2.05) is 72.8 Å². The van der Waals surface area contributed by atoms with E-state index in [0.717, 1.165) is 66.4 Å². The van der Waals surface area contributed by atoms with Gasteiger partial charge >= 0.3 is 7.12 Å². The zero-order valence-electron chi connectivity index (χ0n) is 30.0. The highest BCUT2D eigenvalue weighted by Crippen LogP contribution is 2.33. The molecular weight excluding hydrogens is 678 g/mol. The van der Waals surface area contributed by atoms with Gasteiger partial charge < -0.3 is 14.6 Å². The summed E-state index contributed by atoms with van der Waals surface area (Å²) in [5.74, 6) is 13.0. The molecule has 0 radical (unpaired) electrons. The molecule has 6 heteroatoms. The van der Waals surface area contributed by atoms with Crippen molar-refractivity contribution in [2.24, 2.45) is 0 Å². The molecule has 0 atom stereocenters. The summed E-state index contributed by atoms with van der Waals surface area (Å²) in [5, 5.41) is 22.3. The summed E-state index contributed by atoms with van der Waals surface area (Å²) >= 11 is 0. The van der Waals surface area contributed by atoms with Crippen molar-refractivity contribution in [3.05, 3.63) is 215 Å². The van der Waals surface area contributed by atoms with Gasteiger partial charge in [0.15, 0.2) is 0 Å². The van der Waals surface area contributed by atoms with Gasteiger partial charge in [0, 0.05) is 58.3 Å². The van der Waals surface area contributed by atoms with Crippen molar-refractivity contribution in [1.82, 2.24) is 9.47 Å². The molecule has 0 spiro atoms. The second-order valence-electron chi connectivity index (χ2n) is 13.5. The normalized spacial score (nSPS) is 10.9. The predicted octanol–water partition coefficient (Wildman–Crippen LogP) is 8.60. The number of hydrogen-bond acceptors (Lipinski definition) is 3. The number of halogens is 1. The summed E-state index contributed by atoms with van der Waals surface area (Å²) in [4.78, 5) is 2.22. The summed E-state index contributed by atoms with van der Waals surface area (Å²) in [6.07, 6.45) is 0. The van der Waals surface area contributed by atoms with E-state index in [0.29, 0.717) is 25.1 Å². The van der Waals surface area contributed by atoms with Gasteiger partial charge in [-0.2, -0.15) is 0 Å². The third kappa shape index (κ3) is 8.29. The highest BCUT2D eigenvalue weighted by molar-refractivity contribution is 6.59. The Balaban J connectivity index is 1.15. The van der Waals surface area contributed by atoms with Gasteiger partial charge in [-0.05, 0) is 107 Å². The Morgan fingerprint density at radius 3 is 1.49 bits per heavy atom. The Morgan fingerprint density at radius 2 is 0.964 bits per heavy atom. The molecule has 0 aliphatic heterocycles. The number of nitrogens with zero attached hydrogens (tertiary/aromatic N) is 2. The maximum Gasteiger partial charge on any atom is 0.488 e. The molecule has 7 aromatic carbocycles. The molecule has 0 saturated heterocycles. The van der Waals surface area contributed by atoms with Crippen molar-refractivity contribution in [1.29, 1.82) is 0 Å². The Bertz CT molecular complexity index is 2610. The largest absolute Gasteiger partial charge is 0.488 e. The van der Waals surface area contributed by atoms with Crippen LogP contribution in [0, 0.1) is 29.5 Å². The SMILES string of the molecule is OB(O)c1ccccc1CN(Cc1ccc(F)cc1)Cc1ccc(-n2c3ccc(C#Cc4ccccc4)cc3c3cc(C#Cc4ccccc4)ccc32)cc1. The average molecular weight is 715 g/mol. The molecule has 0 amide bonds. The van der Waals surface area contributed by atoms with Crippen LogP contribution in [0.25, 0.3) is 27.5 Å². The van der Waals surface area contributed by atoms with E-state index >= 15 is 0 Å². The van der Waals surface area contributed by atoms with Crippen molar-refractivity contribution >= 4 is 34.4 Å². The fourth-order valence-corrected chi connectivity index (χ4v) is 6.98. The maximum atomic E-state index is 13.8. The second-order valence-corrected chi connectivity index (χ2v) is 13.5. The van der Waals surface area contributed by atoms with Crippen molar-refractivity contribution in [3.8, 4) is 29.4 Å². The van der Waals surface area contributed by atoms with Gasteiger partial charge in [0.1, 0.15) is 5.82 Å². The molecule has 4 nitrogen and oxygen atoms in total. The minimum absolute atomic E-state index is 0.280. The molecular formula is C49H36BFN2O2. The minimum Gasteiger partial charge on any atom is -0.423 e. The van der Waals surface area contributed by atoms with Crippen LogP contribution in [0.4, 0.5) is 4.39 Å². The van der Waals surface area contributed by atoms with Gasteiger partial charge in [-0.3, -0.25) is 4.90 Å². The average Bonchev–Trinajstić information content (AvgIpc) is 3.54. The monoisotopic (exact) mass is 714 g/mol. The second kappa shape index (κ2) is 16.1. The van der Waals surface area contributed by atoms with Gasteiger partial charge in [-0.1, -0.05) is 109 Å². The first-order chi connectivity index (χ1) is 27.0. The summed E-state index contributed by atoms with van der Waals surface area (Å²) in [6, 6.07) is 55.2. The molecule has 0 saturated carbocycles. The molecule has 264 valence electrons. The lowest BCUT2D eigenvalue weighted by Crippen LogP contribution is -2.35. The zero-order chi connectivity index (χ0) is 37.6. The van der Waals surface area contributed by atoms with Crippen LogP contribution >= 0.6 is 0 Å². The number of fused-ring (bicyclic) bond motifs is 3. The summed E-state index contributed by atoms with van der Waals surface area (Å²) in [6.45, 7) is 1.62. The summed E-state index contributed by atoms with van der Waals surface area (Å²) in [5.41, 5.74) is 10.3.